The van der Waals surface area contributed by atoms with Crippen LogP contribution in [0.1, 0.15) is 22.6 Å². The van der Waals surface area contributed by atoms with Crippen molar-refractivity contribution in [1.29, 1.82) is 5.26 Å². The van der Waals surface area contributed by atoms with Crippen LogP contribution in [0.3, 0.4) is 0 Å². The van der Waals surface area contributed by atoms with Crippen molar-refractivity contribution in [1.82, 2.24) is 10.1 Å². The van der Waals surface area contributed by atoms with Gasteiger partial charge in [-0.1, -0.05) is 5.16 Å². The summed E-state index contributed by atoms with van der Waals surface area (Å²) in [6.07, 6.45) is 1.35. The van der Waals surface area contributed by atoms with Gasteiger partial charge in [-0.3, -0.25) is 10.1 Å². The van der Waals surface area contributed by atoms with E-state index >= 15 is 0 Å². The standard InChI is InChI=1S/C12H11N5O3/c1-7-10(8(2)20-16-7)6-15-12-11(17(18)19)9(5-13)3-4-14-12/h3-4H,6H2,1-2H3,(H,14,15). The van der Waals surface area contributed by atoms with Crippen LogP contribution in [0.15, 0.2) is 16.8 Å². The van der Waals surface area contributed by atoms with E-state index in [-0.39, 0.29) is 23.6 Å². The number of rotatable bonds is 4. The number of nitriles is 1. The highest BCUT2D eigenvalue weighted by Gasteiger charge is 2.21. The third-order valence-corrected chi connectivity index (χ3v) is 2.84. The Morgan fingerprint density at radius 3 is 2.85 bits per heavy atom. The van der Waals surface area contributed by atoms with E-state index in [4.69, 9.17) is 9.78 Å². The highest BCUT2D eigenvalue weighted by Crippen LogP contribution is 2.26. The molecule has 102 valence electrons. The summed E-state index contributed by atoms with van der Waals surface area (Å²) in [6, 6.07) is 3.09. The van der Waals surface area contributed by atoms with E-state index in [0.717, 1.165) is 5.56 Å². The number of aryl methyl sites for hydroxylation is 2. The maximum Gasteiger partial charge on any atom is 0.328 e. The largest absolute Gasteiger partial charge is 0.361 e. The topological polar surface area (TPSA) is 118 Å². The van der Waals surface area contributed by atoms with Crippen LogP contribution >= 0.6 is 0 Å². The first kappa shape index (κ1) is 13.5. The molecule has 0 amide bonds. The summed E-state index contributed by atoms with van der Waals surface area (Å²) in [5, 5.41) is 26.6. The van der Waals surface area contributed by atoms with Gasteiger partial charge in [-0.15, -0.1) is 0 Å². The molecule has 2 aromatic rings. The van der Waals surface area contributed by atoms with Crippen molar-refractivity contribution >= 4 is 11.5 Å². The lowest BCUT2D eigenvalue weighted by Crippen LogP contribution is -2.07. The number of nitrogens with one attached hydrogen (secondary N) is 1. The zero-order valence-corrected chi connectivity index (χ0v) is 10.9. The molecule has 0 saturated carbocycles. The normalized spacial score (nSPS) is 10.1. The van der Waals surface area contributed by atoms with Gasteiger partial charge in [0.25, 0.3) is 0 Å². The number of pyridine rings is 1. The molecule has 1 N–H and O–H groups in total. The van der Waals surface area contributed by atoms with Gasteiger partial charge in [0.2, 0.25) is 5.82 Å². The molecule has 2 rings (SSSR count). The molecule has 0 saturated heterocycles. The van der Waals surface area contributed by atoms with Crippen LogP contribution in [-0.2, 0) is 6.54 Å². The summed E-state index contributed by atoms with van der Waals surface area (Å²) in [4.78, 5) is 14.3. The van der Waals surface area contributed by atoms with Crippen LogP contribution in [0.5, 0.6) is 0 Å². The summed E-state index contributed by atoms with van der Waals surface area (Å²) in [7, 11) is 0. The quantitative estimate of drug-likeness (QED) is 0.669. The Bertz CT molecular complexity index is 682. The molecule has 0 fully saturated rings. The fourth-order valence-corrected chi connectivity index (χ4v) is 1.78. The van der Waals surface area contributed by atoms with Crippen molar-refractivity contribution in [3.63, 3.8) is 0 Å². The summed E-state index contributed by atoms with van der Waals surface area (Å²) in [6.45, 7) is 3.81. The van der Waals surface area contributed by atoms with Crippen molar-refractivity contribution < 1.29 is 9.45 Å². The minimum atomic E-state index is -0.624. The molecule has 0 radical (unpaired) electrons. The van der Waals surface area contributed by atoms with Crippen LogP contribution in [0.25, 0.3) is 0 Å². The maximum atomic E-state index is 11.0. The maximum absolute atomic E-state index is 11.0. The van der Waals surface area contributed by atoms with Crippen molar-refractivity contribution in [3.05, 3.63) is 45.0 Å². The van der Waals surface area contributed by atoms with Gasteiger partial charge < -0.3 is 9.84 Å². The third-order valence-electron chi connectivity index (χ3n) is 2.84. The predicted octanol–water partition coefficient (Wildman–Crippen LogP) is 2.08. The molecule has 0 aromatic carbocycles. The smallest absolute Gasteiger partial charge is 0.328 e. The molecule has 0 aliphatic heterocycles. The van der Waals surface area contributed by atoms with Crippen LogP contribution < -0.4 is 5.32 Å². The number of nitro groups is 1. The number of hydrogen-bond acceptors (Lipinski definition) is 7. The van der Waals surface area contributed by atoms with Crippen LogP contribution in [0.4, 0.5) is 11.5 Å². The van der Waals surface area contributed by atoms with E-state index in [2.05, 4.69) is 15.5 Å². The lowest BCUT2D eigenvalue weighted by molar-refractivity contribution is -0.384. The molecule has 0 bridgehead atoms. The molecular weight excluding hydrogens is 262 g/mol. The minimum absolute atomic E-state index is 0.0359. The second-order valence-electron chi connectivity index (χ2n) is 4.08. The highest BCUT2D eigenvalue weighted by molar-refractivity contribution is 5.64. The van der Waals surface area contributed by atoms with Gasteiger partial charge in [0, 0.05) is 18.3 Å². The molecule has 0 spiro atoms. The number of aromatic nitrogens is 2. The van der Waals surface area contributed by atoms with Gasteiger partial charge in [-0.25, -0.2) is 4.98 Å². The van der Waals surface area contributed by atoms with Gasteiger partial charge in [0.15, 0.2) is 0 Å². The zero-order valence-electron chi connectivity index (χ0n) is 10.9. The average Bonchev–Trinajstić information content (AvgIpc) is 2.75. The van der Waals surface area contributed by atoms with E-state index in [1.165, 1.54) is 12.3 Å². The number of nitrogens with zero attached hydrogens (tertiary/aromatic N) is 4. The van der Waals surface area contributed by atoms with Crippen molar-refractivity contribution in [2.24, 2.45) is 0 Å². The van der Waals surface area contributed by atoms with Gasteiger partial charge in [0.05, 0.1) is 10.6 Å². The average molecular weight is 273 g/mol. The van der Waals surface area contributed by atoms with E-state index < -0.39 is 4.92 Å². The van der Waals surface area contributed by atoms with E-state index in [1.54, 1.807) is 19.9 Å². The van der Waals surface area contributed by atoms with Gasteiger partial charge in [-0.2, -0.15) is 5.26 Å². The Morgan fingerprint density at radius 2 is 2.30 bits per heavy atom. The van der Waals surface area contributed by atoms with Crippen LogP contribution in [0.2, 0.25) is 0 Å². The number of anilines is 1. The Hall–Kier alpha value is -2.95. The molecule has 2 aromatic heterocycles. The molecule has 2 heterocycles. The van der Waals surface area contributed by atoms with Crippen LogP contribution in [-0.4, -0.2) is 15.1 Å². The Balaban J connectivity index is 2.31. The van der Waals surface area contributed by atoms with Crippen molar-refractivity contribution in [2.75, 3.05) is 5.32 Å². The van der Waals surface area contributed by atoms with Gasteiger partial charge in [-0.05, 0) is 19.9 Å². The van der Waals surface area contributed by atoms with E-state index in [9.17, 15) is 10.1 Å². The third kappa shape index (κ3) is 2.42. The summed E-state index contributed by atoms with van der Waals surface area (Å²) < 4.78 is 5.01. The van der Waals surface area contributed by atoms with E-state index in [1.807, 2.05) is 0 Å². The Kier molecular flexibility index (Phi) is 3.61. The lowest BCUT2D eigenvalue weighted by atomic mass is 10.2. The minimum Gasteiger partial charge on any atom is -0.361 e. The van der Waals surface area contributed by atoms with E-state index in [0.29, 0.717) is 11.5 Å². The molecule has 8 nitrogen and oxygen atoms in total. The predicted molar refractivity (Wildman–Crippen MR) is 68.9 cm³/mol. The summed E-state index contributed by atoms with van der Waals surface area (Å²) in [5.41, 5.74) is 1.14. The first-order chi connectivity index (χ1) is 9.54. The fraction of sp³-hybridized carbons (Fsp3) is 0.250. The summed E-state index contributed by atoms with van der Waals surface area (Å²) >= 11 is 0. The Labute approximate surface area is 114 Å². The zero-order chi connectivity index (χ0) is 14.7. The second-order valence-corrected chi connectivity index (χ2v) is 4.08. The molecule has 8 heteroatoms. The number of hydrogen-bond donors (Lipinski definition) is 1. The summed E-state index contributed by atoms with van der Waals surface area (Å²) in [5.74, 6) is 0.683. The molecule has 0 unspecified atom stereocenters. The molecule has 0 atom stereocenters. The molecule has 0 aliphatic carbocycles. The molecule has 20 heavy (non-hydrogen) atoms. The molecule has 0 aliphatic rings. The molecular formula is C12H11N5O3. The highest BCUT2D eigenvalue weighted by atomic mass is 16.6. The lowest BCUT2D eigenvalue weighted by Gasteiger charge is -2.06. The fourth-order valence-electron chi connectivity index (χ4n) is 1.78. The van der Waals surface area contributed by atoms with Gasteiger partial charge >= 0.3 is 5.69 Å². The van der Waals surface area contributed by atoms with Crippen LogP contribution in [0, 0.1) is 35.3 Å². The second kappa shape index (κ2) is 5.36. The first-order valence-electron chi connectivity index (χ1n) is 5.73. The van der Waals surface area contributed by atoms with Crippen molar-refractivity contribution in [3.8, 4) is 6.07 Å². The van der Waals surface area contributed by atoms with Gasteiger partial charge in [0.1, 0.15) is 17.4 Å². The van der Waals surface area contributed by atoms with Crippen molar-refractivity contribution in [2.45, 2.75) is 20.4 Å². The monoisotopic (exact) mass is 273 g/mol. The SMILES string of the molecule is Cc1noc(C)c1CNc1nccc(C#N)c1[N+](=O)[O-]. The Morgan fingerprint density at radius 1 is 1.55 bits per heavy atom. The first-order valence-corrected chi connectivity index (χ1v) is 5.73.